The number of carbonyl (C=O) groups excluding carboxylic acids is 4. The molecule has 1 aliphatic carbocycles. The Bertz CT molecular complexity index is 2110. The first-order chi connectivity index (χ1) is 26.8. The number of H-pyrrole nitrogens is 1. The number of alkyl halides is 3. The maximum absolute atomic E-state index is 14.8. The van der Waals surface area contributed by atoms with Crippen molar-refractivity contribution < 1.29 is 36.7 Å². The molecule has 1 aliphatic rings. The molecule has 57 heavy (non-hydrogen) atoms. The highest BCUT2D eigenvalue weighted by Crippen LogP contribution is 2.40. The maximum atomic E-state index is 14.8. The van der Waals surface area contributed by atoms with Gasteiger partial charge in [-0.05, 0) is 73.9 Å². The molecule has 4 aromatic rings. The highest BCUT2D eigenvalue weighted by Gasteiger charge is 2.47. The molecule has 2 aromatic carbocycles. The SMILES string of the molecule is CCC(C)[C@H](NC(=O)Cc1ccccc1F)C(=O)N[C@]1(C(=O)N[C@H](C(=O)NCc2nnn(C(C)(C)C)n2)C(C)CC)CCc2[nH]c3c(C(F)(F)F)cccc3c2C1. The van der Waals surface area contributed by atoms with Crippen molar-refractivity contribution in [2.45, 2.75) is 123 Å². The first kappa shape index (κ1) is 42.8. The van der Waals surface area contributed by atoms with E-state index in [0.717, 1.165) is 6.07 Å². The molecule has 0 fully saturated rings. The number of aryl methyl sites for hydroxylation is 1. The molecule has 17 heteroatoms. The van der Waals surface area contributed by atoms with Gasteiger partial charge in [0.25, 0.3) is 0 Å². The first-order valence-electron chi connectivity index (χ1n) is 19.2. The predicted molar refractivity (Wildman–Crippen MR) is 204 cm³/mol. The number of nitrogens with zero attached hydrogens (tertiary/aromatic N) is 4. The smallest absolute Gasteiger partial charge is 0.358 e. The third-order valence-electron chi connectivity index (χ3n) is 10.8. The monoisotopic (exact) mass is 797 g/mol. The van der Waals surface area contributed by atoms with Gasteiger partial charge in [-0.25, -0.2) is 4.39 Å². The quantitative estimate of drug-likeness (QED) is 0.111. The third kappa shape index (κ3) is 9.62. The Morgan fingerprint density at radius 2 is 1.60 bits per heavy atom. The van der Waals surface area contributed by atoms with Crippen LogP contribution in [0, 0.1) is 17.7 Å². The molecule has 2 aromatic heterocycles. The minimum absolute atomic E-state index is 0.0448. The number of carbonyl (C=O) groups is 4. The zero-order chi connectivity index (χ0) is 41.9. The summed E-state index contributed by atoms with van der Waals surface area (Å²) in [5.41, 5.74) is -2.18. The van der Waals surface area contributed by atoms with Crippen molar-refractivity contribution in [3.63, 3.8) is 0 Å². The van der Waals surface area contributed by atoms with Crippen molar-refractivity contribution in [1.82, 2.24) is 46.5 Å². The number of benzene rings is 2. The van der Waals surface area contributed by atoms with Gasteiger partial charge in [-0.2, -0.15) is 18.0 Å². The van der Waals surface area contributed by atoms with Gasteiger partial charge >= 0.3 is 6.18 Å². The molecule has 4 amide bonds. The van der Waals surface area contributed by atoms with E-state index >= 15 is 0 Å². The average Bonchev–Trinajstić information content (AvgIpc) is 3.80. The number of hydrogen-bond acceptors (Lipinski definition) is 7. The van der Waals surface area contributed by atoms with E-state index in [-0.39, 0.29) is 54.5 Å². The lowest BCUT2D eigenvalue weighted by atomic mass is 9.78. The number of aromatic nitrogens is 5. The molecule has 2 unspecified atom stereocenters. The van der Waals surface area contributed by atoms with Gasteiger partial charge < -0.3 is 26.3 Å². The van der Waals surface area contributed by atoms with Crippen LogP contribution in [0.15, 0.2) is 42.5 Å². The highest BCUT2D eigenvalue weighted by atomic mass is 19.4. The summed E-state index contributed by atoms with van der Waals surface area (Å²) < 4.78 is 56.7. The molecule has 0 spiro atoms. The van der Waals surface area contributed by atoms with E-state index < -0.39 is 76.2 Å². The lowest BCUT2D eigenvalue weighted by molar-refractivity contribution is -0.139. The summed E-state index contributed by atoms with van der Waals surface area (Å²) in [6.07, 6.45) is -4.26. The minimum Gasteiger partial charge on any atom is -0.358 e. The van der Waals surface area contributed by atoms with Crippen molar-refractivity contribution in [1.29, 1.82) is 0 Å². The van der Waals surface area contributed by atoms with Gasteiger partial charge in [0.15, 0.2) is 5.82 Å². The van der Waals surface area contributed by atoms with E-state index in [1.807, 2.05) is 34.6 Å². The van der Waals surface area contributed by atoms with E-state index in [0.29, 0.717) is 24.1 Å². The van der Waals surface area contributed by atoms with Crippen LogP contribution in [0.5, 0.6) is 0 Å². The topological polar surface area (TPSA) is 176 Å². The molecule has 5 N–H and O–H groups in total. The van der Waals surface area contributed by atoms with E-state index in [2.05, 4.69) is 41.7 Å². The van der Waals surface area contributed by atoms with Crippen LogP contribution in [0.4, 0.5) is 17.6 Å². The fourth-order valence-corrected chi connectivity index (χ4v) is 6.98. The molecule has 0 bridgehead atoms. The van der Waals surface area contributed by atoms with E-state index in [9.17, 15) is 36.7 Å². The molecule has 0 radical (unpaired) electrons. The van der Waals surface area contributed by atoms with Crippen LogP contribution in [0.2, 0.25) is 0 Å². The first-order valence-corrected chi connectivity index (χ1v) is 19.2. The Kier molecular flexibility index (Phi) is 12.8. The number of nitrogens with one attached hydrogen (secondary N) is 5. The summed E-state index contributed by atoms with van der Waals surface area (Å²) in [5, 5.41) is 23.9. The normalized spacial score (nSPS) is 17.9. The standard InChI is InChI=1S/C40H51F4N9O4/c1-8-22(3)32(35(55)45-21-30-50-52-53(51-30)38(5,6)7)48-37(57)39(18-17-29-26(20-39)25-14-12-15-27(34(25)46-29)40(42,43)44)49-36(56)33(23(4)9-2)47-31(54)19-24-13-10-11-16-28(24)41/h10-16,22-23,32-33,46H,8-9,17-21H2,1-7H3,(H,45,55)(H,47,54)(H,48,57)(H,49,56)/t22?,23?,32-,33-,39+/m0/s1. The largest absolute Gasteiger partial charge is 0.418 e. The van der Waals surface area contributed by atoms with Gasteiger partial charge in [0, 0.05) is 17.5 Å². The molecule has 5 atom stereocenters. The van der Waals surface area contributed by atoms with Crippen molar-refractivity contribution in [2.24, 2.45) is 11.8 Å². The van der Waals surface area contributed by atoms with Crippen molar-refractivity contribution in [3.05, 3.63) is 76.5 Å². The number of amides is 4. The number of halogens is 4. The van der Waals surface area contributed by atoms with E-state index in [1.165, 1.54) is 35.1 Å². The molecule has 0 aliphatic heterocycles. The second kappa shape index (κ2) is 17.0. The molecular formula is C40H51F4N9O4. The Hall–Kier alpha value is -5.35. The minimum atomic E-state index is -4.66. The van der Waals surface area contributed by atoms with Crippen LogP contribution in [-0.4, -0.2) is 66.4 Å². The van der Waals surface area contributed by atoms with Crippen LogP contribution in [0.25, 0.3) is 10.9 Å². The summed E-state index contributed by atoms with van der Waals surface area (Å²) in [6.45, 7) is 12.8. The summed E-state index contributed by atoms with van der Waals surface area (Å²) in [5.74, 6) is -3.76. The Labute approximate surface area is 328 Å². The Morgan fingerprint density at radius 1 is 0.930 bits per heavy atom. The second-order valence-corrected chi connectivity index (χ2v) is 16.0. The lowest BCUT2D eigenvalue weighted by Crippen LogP contribution is -2.67. The van der Waals surface area contributed by atoms with Gasteiger partial charge in [-0.15, -0.1) is 10.2 Å². The second-order valence-electron chi connectivity index (χ2n) is 16.0. The fourth-order valence-electron chi connectivity index (χ4n) is 6.98. The lowest BCUT2D eigenvalue weighted by Gasteiger charge is -2.39. The van der Waals surface area contributed by atoms with Gasteiger partial charge in [0.1, 0.15) is 23.4 Å². The van der Waals surface area contributed by atoms with Crippen LogP contribution in [-0.2, 0) is 56.7 Å². The van der Waals surface area contributed by atoms with E-state index in [1.54, 1.807) is 19.9 Å². The molecule has 5 rings (SSSR count). The summed E-state index contributed by atoms with van der Waals surface area (Å²) in [7, 11) is 0. The number of rotatable bonds is 14. The summed E-state index contributed by atoms with van der Waals surface area (Å²) in [6, 6.07) is 7.31. The zero-order valence-corrected chi connectivity index (χ0v) is 33.2. The number of hydrogen-bond donors (Lipinski definition) is 5. The van der Waals surface area contributed by atoms with Crippen molar-refractivity contribution >= 4 is 34.5 Å². The van der Waals surface area contributed by atoms with Crippen molar-refractivity contribution in [3.8, 4) is 0 Å². The molecule has 13 nitrogen and oxygen atoms in total. The van der Waals surface area contributed by atoms with E-state index in [4.69, 9.17) is 0 Å². The van der Waals surface area contributed by atoms with Gasteiger partial charge in [0.2, 0.25) is 23.6 Å². The van der Waals surface area contributed by atoms with Crippen LogP contribution < -0.4 is 21.3 Å². The maximum Gasteiger partial charge on any atom is 0.418 e. The average molecular weight is 798 g/mol. The zero-order valence-electron chi connectivity index (χ0n) is 33.2. The number of tetrazole rings is 1. The Balaban J connectivity index is 1.48. The van der Waals surface area contributed by atoms with Crippen molar-refractivity contribution in [2.75, 3.05) is 0 Å². The molecule has 308 valence electrons. The van der Waals surface area contributed by atoms with Crippen LogP contribution in [0.3, 0.4) is 0 Å². The predicted octanol–water partition coefficient (Wildman–Crippen LogP) is 5.03. The molecule has 0 saturated carbocycles. The van der Waals surface area contributed by atoms with Crippen LogP contribution in [0.1, 0.15) is 95.9 Å². The number of fused-ring (bicyclic) bond motifs is 3. The Morgan fingerprint density at radius 3 is 2.21 bits per heavy atom. The summed E-state index contributed by atoms with van der Waals surface area (Å²) in [4.78, 5) is 60.5. The third-order valence-corrected chi connectivity index (χ3v) is 10.8. The molecular weight excluding hydrogens is 746 g/mol. The van der Waals surface area contributed by atoms with Gasteiger partial charge in [0.05, 0.1) is 29.6 Å². The fraction of sp³-hybridized carbons (Fsp3) is 0.525. The van der Waals surface area contributed by atoms with Crippen LogP contribution >= 0.6 is 0 Å². The van der Waals surface area contributed by atoms with Gasteiger partial charge in [-0.1, -0.05) is 70.9 Å². The molecule has 0 saturated heterocycles. The molecule has 2 heterocycles. The summed E-state index contributed by atoms with van der Waals surface area (Å²) >= 11 is 0. The number of aromatic amines is 1. The van der Waals surface area contributed by atoms with Gasteiger partial charge in [-0.3, -0.25) is 19.2 Å². The highest BCUT2D eigenvalue weighted by molar-refractivity contribution is 5.98. The number of para-hydroxylation sites is 1.